The van der Waals surface area contributed by atoms with Crippen LogP contribution in [0.4, 0.5) is 10.1 Å². The summed E-state index contributed by atoms with van der Waals surface area (Å²) in [6, 6.07) is 14.2. The van der Waals surface area contributed by atoms with E-state index in [0.29, 0.717) is 44.2 Å². The zero-order valence-electron chi connectivity index (χ0n) is 15.7. The van der Waals surface area contributed by atoms with Crippen LogP contribution in [0.15, 0.2) is 48.5 Å². The Morgan fingerprint density at radius 1 is 1.00 bits per heavy atom. The van der Waals surface area contributed by atoms with Crippen LogP contribution in [0.2, 0.25) is 5.02 Å². The average molecular weight is 403 g/mol. The maximum atomic E-state index is 13.6. The minimum atomic E-state index is -0.621. The van der Waals surface area contributed by atoms with Crippen LogP contribution in [-0.4, -0.2) is 50.2 Å². The standard InChI is InChI=1S/C22H24ClFN2O2/c23-18-2-1-3-20(16-18)25-10-12-26(13-11-25)21(27)22(8-14-28-15-9-22)17-4-6-19(24)7-5-17/h1-7,16H,8-15H2. The van der Waals surface area contributed by atoms with E-state index in [2.05, 4.69) is 4.90 Å². The van der Waals surface area contributed by atoms with E-state index in [1.54, 1.807) is 12.1 Å². The molecule has 2 aliphatic rings. The Morgan fingerprint density at radius 2 is 1.68 bits per heavy atom. The van der Waals surface area contributed by atoms with Gasteiger partial charge in [-0.15, -0.1) is 0 Å². The Hall–Kier alpha value is -2.11. The second kappa shape index (κ2) is 8.10. The van der Waals surface area contributed by atoms with Gasteiger partial charge < -0.3 is 14.5 Å². The first-order chi connectivity index (χ1) is 13.6. The minimum Gasteiger partial charge on any atom is -0.381 e. The van der Waals surface area contributed by atoms with E-state index in [4.69, 9.17) is 16.3 Å². The van der Waals surface area contributed by atoms with Crippen LogP contribution in [-0.2, 0) is 14.9 Å². The summed E-state index contributed by atoms with van der Waals surface area (Å²) in [6.45, 7) is 3.95. The fourth-order valence-corrected chi connectivity index (χ4v) is 4.44. The van der Waals surface area contributed by atoms with Crippen molar-refractivity contribution in [2.45, 2.75) is 18.3 Å². The molecule has 4 rings (SSSR count). The Bertz CT molecular complexity index is 829. The molecule has 0 aliphatic carbocycles. The van der Waals surface area contributed by atoms with Crippen LogP contribution in [0.1, 0.15) is 18.4 Å². The number of anilines is 1. The van der Waals surface area contributed by atoms with Crippen LogP contribution < -0.4 is 4.90 Å². The number of halogens is 2. The van der Waals surface area contributed by atoms with Gasteiger partial charge in [0, 0.05) is 50.1 Å². The Kier molecular flexibility index (Phi) is 5.56. The van der Waals surface area contributed by atoms with Crippen LogP contribution in [0, 0.1) is 5.82 Å². The number of rotatable bonds is 3. The first-order valence-corrected chi connectivity index (χ1v) is 10.1. The highest BCUT2D eigenvalue weighted by molar-refractivity contribution is 6.30. The molecule has 0 N–H and O–H groups in total. The molecule has 1 amide bonds. The number of carbonyl (C=O) groups is 1. The molecule has 2 fully saturated rings. The molecule has 0 bridgehead atoms. The molecule has 2 aromatic carbocycles. The first-order valence-electron chi connectivity index (χ1n) is 9.72. The highest BCUT2D eigenvalue weighted by atomic mass is 35.5. The van der Waals surface area contributed by atoms with Gasteiger partial charge in [0.05, 0.1) is 5.41 Å². The van der Waals surface area contributed by atoms with Gasteiger partial charge in [0.15, 0.2) is 0 Å². The third-order valence-corrected chi connectivity index (χ3v) is 6.13. The van der Waals surface area contributed by atoms with Crippen molar-refractivity contribution < 1.29 is 13.9 Å². The molecular formula is C22H24ClFN2O2. The lowest BCUT2D eigenvalue weighted by Gasteiger charge is -2.43. The molecule has 0 saturated carbocycles. The van der Waals surface area contributed by atoms with Crippen LogP contribution >= 0.6 is 11.6 Å². The van der Waals surface area contributed by atoms with Crippen LogP contribution in [0.3, 0.4) is 0 Å². The van der Waals surface area contributed by atoms with Crippen molar-refractivity contribution >= 4 is 23.2 Å². The maximum Gasteiger partial charge on any atom is 0.233 e. The molecule has 2 heterocycles. The maximum absolute atomic E-state index is 13.6. The van der Waals surface area contributed by atoms with Crippen molar-refractivity contribution in [3.05, 3.63) is 64.9 Å². The molecule has 148 valence electrons. The van der Waals surface area contributed by atoms with Gasteiger partial charge in [-0.3, -0.25) is 4.79 Å². The van der Waals surface area contributed by atoms with Crippen molar-refractivity contribution in [2.24, 2.45) is 0 Å². The van der Waals surface area contributed by atoms with Gasteiger partial charge in [-0.05, 0) is 48.7 Å². The SMILES string of the molecule is O=C(N1CCN(c2cccc(Cl)c2)CC1)C1(c2ccc(F)cc2)CCOCC1. The molecule has 0 aromatic heterocycles. The van der Waals surface area contributed by atoms with Crippen molar-refractivity contribution in [3.63, 3.8) is 0 Å². The third-order valence-electron chi connectivity index (χ3n) is 5.89. The summed E-state index contributed by atoms with van der Waals surface area (Å²) in [4.78, 5) is 17.8. The molecule has 4 nitrogen and oxygen atoms in total. The third kappa shape index (κ3) is 3.74. The molecule has 2 aromatic rings. The van der Waals surface area contributed by atoms with Gasteiger partial charge >= 0.3 is 0 Å². The van der Waals surface area contributed by atoms with Gasteiger partial charge in [-0.25, -0.2) is 4.39 Å². The molecule has 0 unspecified atom stereocenters. The van der Waals surface area contributed by atoms with E-state index in [1.165, 1.54) is 12.1 Å². The van der Waals surface area contributed by atoms with E-state index < -0.39 is 5.41 Å². The molecule has 2 saturated heterocycles. The number of hydrogen-bond donors (Lipinski definition) is 0. The van der Waals surface area contributed by atoms with E-state index >= 15 is 0 Å². The fraction of sp³-hybridized carbons (Fsp3) is 0.409. The summed E-state index contributed by atoms with van der Waals surface area (Å²) in [5.41, 5.74) is 1.35. The average Bonchev–Trinajstić information content (AvgIpc) is 2.74. The van der Waals surface area contributed by atoms with Crippen molar-refractivity contribution in [1.82, 2.24) is 4.90 Å². The van der Waals surface area contributed by atoms with E-state index in [0.717, 1.165) is 24.3 Å². The number of carbonyl (C=O) groups excluding carboxylic acids is 1. The number of nitrogens with zero attached hydrogens (tertiary/aromatic N) is 2. The lowest BCUT2D eigenvalue weighted by molar-refractivity contribution is -0.141. The van der Waals surface area contributed by atoms with Crippen LogP contribution in [0.25, 0.3) is 0 Å². The number of amides is 1. The highest BCUT2D eigenvalue weighted by Crippen LogP contribution is 2.37. The largest absolute Gasteiger partial charge is 0.381 e. The van der Waals surface area contributed by atoms with Gasteiger partial charge in [0.25, 0.3) is 0 Å². The van der Waals surface area contributed by atoms with Gasteiger partial charge in [-0.2, -0.15) is 0 Å². The van der Waals surface area contributed by atoms with E-state index in [-0.39, 0.29) is 11.7 Å². The van der Waals surface area contributed by atoms with Crippen LogP contribution in [0.5, 0.6) is 0 Å². The Balaban J connectivity index is 1.51. The zero-order chi connectivity index (χ0) is 19.6. The number of piperazine rings is 1. The summed E-state index contributed by atoms with van der Waals surface area (Å²) >= 11 is 6.11. The fourth-order valence-electron chi connectivity index (χ4n) is 4.26. The Morgan fingerprint density at radius 3 is 2.32 bits per heavy atom. The molecule has 0 atom stereocenters. The monoisotopic (exact) mass is 402 g/mol. The van der Waals surface area contributed by atoms with Crippen molar-refractivity contribution in [2.75, 3.05) is 44.3 Å². The summed E-state index contributed by atoms with van der Waals surface area (Å²) in [6.07, 6.45) is 1.26. The summed E-state index contributed by atoms with van der Waals surface area (Å²) in [5.74, 6) is -0.151. The topological polar surface area (TPSA) is 32.8 Å². The number of hydrogen-bond acceptors (Lipinski definition) is 3. The number of benzene rings is 2. The molecule has 6 heteroatoms. The van der Waals surface area contributed by atoms with Gasteiger partial charge in [0.2, 0.25) is 5.91 Å². The predicted octanol–water partition coefficient (Wildman–Crippen LogP) is 3.88. The second-order valence-corrected chi connectivity index (χ2v) is 7.90. The van der Waals surface area contributed by atoms with Gasteiger partial charge in [-0.1, -0.05) is 29.8 Å². The summed E-state index contributed by atoms with van der Waals surface area (Å²) in [7, 11) is 0. The highest BCUT2D eigenvalue weighted by Gasteiger charge is 2.44. The van der Waals surface area contributed by atoms with Crippen molar-refractivity contribution in [1.29, 1.82) is 0 Å². The molecule has 28 heavy (non-hydrogen) atoms. The van der Waals surface area contributed by atoms with Crippen molar-refractivity contribution in [3.8, 4) is 0 Å². The zero-order valence-corrected chi connectivity index (χ0v) is 16.5. The molecule has 0 radical (unpaired) electrons. The molecular weight excluding hydrogens is 379 g/mol. The second-order valence-electron chi connectivity index (χ2n) is 7.46. The first kappa shape index (κ1) is 19.2. The normalized spacial score (nSPS) is 19.5. The minimum absolute atomic E-state index is 0.133. The smallest absolute Gasteiger partial charge is 0.233 e. The van der Waals surface area contributed by atoms with E-state index in [1.807, 2.05) is 29.2 Å². The summed E-state index contributed by atoms with van der Waals surface area (Å²) in [5, 5.41) is 0.716. The van der Waals surface area contributed by atoms with E-state index in [9.17, 15) is 9.18 Å². The quantitative estimate of drug-likeness (QED) is 0.781. The lowest BCUT2D eigenvalue weighted by atomic mass is 9.73. The van der Waals surface area contributed by atoms with Gasteiger partial charge in [0.1, 0.15) is 5.82 Å². The summed E-state index contributed by atoms with van der Waals surface area (Å²) < 4.78 is 19.0. The lowest BCUT2D eigenvalue weighted by Crippen LogP contribution is -2.56. The molecule has 2 aliphatic heterocycles. The number of ether oxygens (including phenoxy) is 1. The predicted molar refractivity (Wildman–Crippen MR) is 108 cm³/mol. The Labute approximate surface area is 169 Å². The molecule has 0 spiro atoms.